The van der Waals surface area contributed by atoms with Crippen LogP contribution in [-0.4, -0.2) is 31.0 Å². The number of aromatic hydroxyl groups is 1. The molecule has 9 heteroatoms. The summed E-state index contributed by atoms with van der Waals surface area (Å²) in [5, 5.41) is 28.6. The molecule has 1 amide bonds. The van der Waals surface area contributed by atoms with Crippen molar-refractivity contribution in [3.05, 3.63) is 111 Å². The molecule has 0 saturated heterocycles. The maximum Gasteiger partial charge on any atom is 0.273 e. The maximum atomic E-state index is 13.4. The second-order valence-electron chi connectivity index (χ2n) is 7.69. The van der Waals surface area contributed by atoms with Crippen molar-refractivity contribution in [3.8, 4) is 17.0 Å². The molecule has 1 aliphatic heterocycles. The van der Waals surface area contributed by atoms with Crippen LogP contribution in [0, 0.1) is 15.9 Å². The number of carbonyl (C=O) groups excluding carboxylic acids is 1. The van der Waals surface area contributed by atoms with E-state index in [1.807, 2.05) is 0 Å². The largest absolute Gasteiger partial charge is 0.507 e. The van der Waals surface area contributed by atoms with Gasteiger partial charge < -0.3 is 10.0 Å². The first kappa shape index (κ1) is 20.4. The third kappa shape index (κ3) is 3.49. The van der Waals surface area contributed by atoms with Crippen molar-refractivity contribution in [1.29, 1.82) is 0 Å². The van der Waals surface area contributed by atoms with Crippen LogP contribution < -0.4 is 0 Å². The molecule has 0 aliphatic carbocycles. The molecule has 0 fully saturated rings. The summed E-state index contributed by atoms with van der Waals surface area (Å²) < 4.78 is 13.4. The Kier molecular flexibility index (Phi) is 4.86. The van der Waals surface area contributed by atoms with Crippen molar-refractivity contribution in [3.63, 3.8) is 0 Å². The van der Waals surface area contributed by atoms with Gasteiger partial charge in [-0.05, 0) is 47.5 Å². The van der Waals surface area contributed by atoms with Crippen LogP contribution in [0.3, 0.4) is 0 Å². The summed E-state index contributed by atoms with van der Waals surface area (Å²) >= 11 is 0. The van der Waals surface area contributed by atoms with Crippen molar-refractivity contribution >= 4 is 11.6 Å². The molecule has 5 rings (SSSR count). The number of aromatic amines is 1. The van der Waals surface area contributed by atoms with Gasteiger partial charge in [-0.3, -0.25) is 20.0 Å². The van der Waals surface area contributed by atoms with E-state index in [0.717, 1.165) is 5.56 Å². The van der Waals surface area contributed by atoms with Crippen LogP contribution in [0.1, 0.15) is 33.2 Å². The number of para-hydroxylation sites is 1. The van der Waals surface area contributed by atoms with Gasteiger partial charge in [0.1, 0.15) is 23.0 Å². The number of phenolic OH excluding ortho intramolecular Hbond substituents is 1. The summed E-state index contributed by atoms with van der Waals surface area (Å²) in [4.78, 5) is 25.6. The van der Waals surface area contributed by atoms with E-state index < -0.39 is 11.0 Å². The summed E-state index contributed by atoms with van der Waals surface area (Å²) in [6, 6.07) is 17.9. The minimum Gasteiger partial charge on any atom is -0.507 e. The highest BCUT2D eigenvalue weighted by Gasteiger charge is 2.42. The molecule has 1 atom stereocenters. The lowest BCUT2D eigenvalue weighted by Crippen LogP contribution is -2.29. The van der Waals surface area contributed by atoms with Crippen LogP contribution in [0.25, 0.3) is 11.3 Å². The van der Waals surface area contributed by atoms with Crippen molar-refractivity contribution in [1.82, 2.24) is 15.1 Å². The molecule has 2 N–H and O–H groups in total. The molecule has 1 aromatic heterocycles. The topological polar surface area (TPSA) is 112 Å². The number of nitrogens with one attached hydrogen (secondary N) is 1. The van der Waals surface area contributed by atoms with Gasteiger partial charge in [0, 0.05) is 29.8 Å². The Balaban J connectivity index is 1.65. The number of hydrogen-bond acceptors (Lipinski definition) is 5. The van der Waals surface area contributed by atoms with Gasteiger partial charge in [0.25, 0.3) is 11.6 Å². The SMILES string of the molecule is O=C1c2[nH]nc(-c3ccccc3O)c2C(c2ccc([N+](=O)[O-])cc2)N1Cc1ccc(F)cc1. The Morgan fingerprint density at radius 1 is 1.06 bits per heavy atom. The van der Waals surface area contributed by atoms with Crippen LogP contribution in [0.5, 0.6) is 5.75 Å². The second kappa shape index (κ2) is 7.86. The van der Waals surface area contributed by atoms with E-state index in [1.54, 1.807) is 47.4 Å². The van der Waals surface area contributed by atoms with Crippen LogP contribution in [0.2, 0.25) is 0 Å². The van der Waals surface area contributed by atoms with E-state index in [9.17, 15) is 24.4 Å². The Bertz CT molecular complexity index is 1370. The van der Waals surface area contributed by atoms with Gasteiger partial charge in [0.05, 0.1) is 11.0 Å². The Morgan fingerprint density at radius 3 is 2.42 bits per heavy atom. The highest BCUT2D eigenvalue weighted by Crippen LogP contribution is 2.45. The molecule has 0 spiro atoms. The fourth-order valence-corrected chi connectivity index (χ4v) is 4.15. The molecule has 33 heavy (non-hydrogen) atoms. The number of nitrogens with zero attached hydrogens (tertiary/aromatic N) is 3. The van der Waals surface area contributed by atoms with Crippen molar-refractivity contribution in [2.75, 3.05) is 0 Å². The van der Waals surface area contributed by atoms with Crippen LogP contribution in [0.15, 0.2) is 72.8 Å². The van der Waals surface area contributed by atoms with E-state index in [-0.39, 0.29) is 35.4 Å². The summed E-state index contributed by atoms with van der Waals surface area (Å²) in [5.74, 6) is -0.680. The molecule has 4 aromatic rings. The number of amides is 1. The van der Waals surface area contributed by atoms with E-state index in [2.05, 4.69) is 10.2 Å². The monoisotopic (exact) mass is 444 g/mol. The van der Waals surface area contributed by atoms with E-state index in [4.69, 9.17) is 0 Å². The van der Waals surface area contributed by atoms with Crippen molar-refractivity contribution in [2.45, 2.75) is 12.6 Å². The third-order valence-corrected chi connectivity index (χ3v) is 5.71. The first-order valence-corrected chi connectivity index (χ1v) is 10.1. The summed E-state index contributed by atoms with van der Waals surface area (Å²) in [7, 11) is 0. The lowest BCUT2D eigenvalue weighted by molar-refractivity contribution is -0.384. The molecule has 8 nitrogen and oxygen atoms in total. The first-order valence-electron chi connectivity index (χ1n) is 10.1. The van der Waals surface area contributed by atoms with E-state index in [0.29, 0.717) is 22.4 Å². The smallest absolute Gasteiger partial charge is 0.273 e. The molecule has 0 bridgehead atoms. The lowest BCUT2D eigenvalue weighted by Gasteiger charge is -2.26. The highest BCUT2D eigenvalue weighted by atomic mass is 19.1. The number of rotatable bonds is 5. The molecular weight excluding hydrogens is 427 g/mol. The Labute approximate surface area is 187 Å². The molecule has 164 valence electrons. The number of aromatic nitrogens is 2. The predicted molar refractivity (Wildman–Crippen MR) is 117 cm³/mol. The zero-order chi connectivity index (χ0) is 23.1. The Hall–Kier alpha value is -4.53. The van der Waals surface area contributed by atoms with E-state index >= 15 is 0 Å². The number of fused-ring (bicyclic) bond motifs is 1. The van der Waals surface area contributed by atoms with Crippen LogP contribution in [-0.2, 0) is 6.54 Å². The maximum absolute atomic E-state index is 13.4. The fraction of sp³-hybridized carbons (Fsp3) is 0.0833. The molecular formula is C24H17FN4O4. The zero-order valence-corrected chi connectivity index (χ0v) is 17.1. The molecule has 1 aliphatic rings. The van der Waals surface area contributed by atoms with Gasteiger partial charge >= 0.3 is 0 Å². The highest BCUT2D eigenvalue weighted by molar-refractivity contribution is 6.00. The number of benzene rings is 3. The number of non-ortho nitro benzene ring substituents is 1. The quantitative estimate of drug-likeness (QED) is 0.346. The minimum atomic E-state index is -0.619. The molecule has 0 radical (unpaired) electrons. The van der Waals surface area contributed by atoms with Gasteiger partial charge in [-0.15, -0.1) is 0 Å². The lowest BCUT2D eigenvalue weighted by atomic mass is 9.95. The number of hydrogen-bond donors (Lipinski definition) is 2. The minimum absolute atomic E-state index is 0.0127. The number of nitro groups is 1. The summed E-state index contributed by atoms with van der Waals surface area (Å²) in [6.45, 7) is 0.184. The van der Waals surface area contributed by atoms with Gasteiger partial charge in [0.2, 0.25) is 0 Å². The molecule has 0 saturated carbocycles. The second-order valence-corrected chi connectivity index (χ2v) is 7.69. The van der Waals surface area contributed by atoms with Crippen molar-refractivity contribution in [2.24, 2.45) is 0 Å². The molecule has 2 heterocycles. The average Bonchev–Trinajstić information content (AvgIpc) is 3.35. The molecule has 3 aromatic carbocycles. The van der Waals surface area contributed by atoms with Gasteiger partial charge in [-0.25, -0.2) is 4.39 Å². The van der Waals surface area contributed by atoms with E-state index in [1.165, 1.54) is 30.3 Å². The standard InChI is InChI=1S/C24H17FN4O4/c25-16-9-5-14(6-10-16)13-28-23(15-7-11-17(12-8-15)29(32)33)20-21(26-27-22(20)24(28)31)18-3-1-2-4-19(18)30/h1-12,23,30H,13H2,(H,26,27). The first-order chi connectivity index (χ1) is 15.9. The summed E-state index contributed by atoms with van der Waals surface area (Å²) in [6.07, 6.45) is 0. The number of carbonyl (C=O) groups is 1. The number of nitro benzene ring substituents is 1. The van der Waals surface area contributed by atoms with Gasteiger partial charge in [-0.2, -0.15) is 5.10 Å². The number of halogens is 1. The fourth-order valence-electron chi connectivity index (χ4n) is 4.15. The van der Waals surface area contributed by atoms with Gasteiger partial charge in [-0.1, -0.05) is 24.3 Å². The van der Waals surface area contributed by atoms with Crippen LogP contribution >= 0.6 is 0 Å². The summed E-state index contributed by atoms with van der Waals surface area (Å²) in [5.41, 5.74) is 3.02. The Morgan fingerprint density at radius 2 is 1.76 bits per heavy atom. The van der Waals surface area contributed by atoms with Crippen molar-refractivity contribution < 1.29 is 19.2 Å². The third-order valence-electron chi connectivity index (χ3n) is 5.71. The van der Waals surface area contributed by atoms with Crippen LogP contribution in [0.4, 0.5) is 10.1 Å². The predicted octanol–water partition coefficient (Wildman–Crippen LogP) is 4.58. The molecule has 1 unspecified atom stereocenters. The normalized spacial score (nSPS) is 15.0. The average molecular weight is 444 g/mol. The zero-order valence-electron chi connectivity index (χ0n) is 17.1. The van der Waals surface area contributed by atoms with Gasteiger partial charge in [0.15, 0.2) is 0 Å². The number of phenols is 1. The number of H-pyrrole nitrogens is 1.